The van der Waals surface area contributed by atoms with Crippen molar-refractivity contribution < 1.29 is 12.8 Å². The highest BCUT2D eigenvalue weighted by molar-refractivity contribution is 7.89. The van der Waals surface area contributed by atoms with E-state index in [2.05, 4.69) is 4.98 Å². The molecule has 0 N–H and O–H groups in total. The van der Waals surface area contributed by atoms with Gasteiger partial charge in [-0.05, 0) is 41.8 Å². The van der Waals surface area contributed by atoms with E-state index in [1.807, 2.05) is 0 Å². The molecule has 0 fully saturated rings. The smallest absolute Gasteiger partial charge is 0.262 e. The van der Waals surface area contributed by atoms with Crippen molar-refractivity contribution in [1.82, 2.24) is 13.9 Å². The SMILES string of the molecule is O=c1c2c3c(sc2ncn1Cc1ccc(F)cc1)CN(S(=O)(=O)c1ccccc1)CC3. The predicted octanol–water partition coefficient (Wildman–Crippen LogP) is 3.39. The van der Waals surface area contributed by atoms with Gasteiger partial charge in [0.25, 0.3) is 5.56 Å². The second-order valence-corrected chi connectivity index (χ2v) is 10.4. The van der Waals surface area contributed by atoms with Gasteiger partial charge >= 0.3 is 0 Å². The number of fused-ring (bicyclic) bond motifs is 3. The lowest BCUT2D eigenvalue weighted by atomic mass is 10.1. The van der Waals surface area contributed by atoms with E-state index in [0.717, 1.165) is 16.0 Å². The molecule has 4 aromatic rings. The molecule has 6 nitrogen and oxygen atoms in total. The van der Waals surface area contributed by atoms with E-state index >= 15 is 0 Å². The zero-order chi connectivity index (χ0) is 21.6. The molecule has 2 aromatic carbocycles. The summed E-state index contributed by atoms with van der Waals surface area (Å²) in [4.78, 5) is 19.3. The first-order valence-corrected chi connectivity index (χ1v) is 12.0. The van der Waals surface area contributed by atoms with Crippen LogP contribution in [0, 0.1) is 5.82 Å². The summed E-state index contributed by atoms with van der Waals surface area (Å²) < 4.78 is 42.1. The quantitative estimate of drug-likeness (QED) is 0.473. The summed E-state index contributed by atoms with van der Waals surface area (Å²) in [5.41, 5.74) is 1.52. The summed E-state index contributed by atoms with van der Waals surface area (Å²) >= 11 is 1.37. The van der Waals surface area contributed by atoms with Crippen LogP contribution in [0.25, 0.3) is 10.2 Å². The topological polar surface area (TPSA) is 72.3 Å². The van der Waals surface area contributed by atoms with Crippen LogP contribution in [0.2, 0.25) is 0 Å². The zero-order valence-corrected chi connectivity index (χ0v) is 18.0. The van der Waals surface area contributed by atoms with Crippen LogP contribution >= 0.6 is 11.3 Å². The van der Waals surface area contributed by atoms with Gasteiger partial charge < -0.3 is 0 Å². The number of halogens is 1. The van der Waals surface area contributed by atoms with Crippen molar-refractivity contribution in [3.05, 3.63) is 93.1 Å². The van der Waals surface area contributed by atoms with Crippen molar-refractivity contribution in [2.24, 2.45) is 0 Å². The lowest BCUT2D eigenvalue weighted by Gasteiger charge is -2.26. The number of hydrogen-bond donors (Lipinski definition) is 0. The largest absolute Gasteiger partial charge is 0.294 e. The van der Waals surface area contributed by atoms with Crippen molar-refractivity contribution >= 4 is 31.6 Å². The second-order valence-electron chi connectivity index (χ2n) is 7.39. The van der Waals surface area contributed by atoms with Gasteiger partial charge in [-0.3, -0.25) is 9.36 Å². The summed E-state index contributed by atoms with van der Waals surface area (Å²) in [6, 6.07) is 14.4. The predicted molar refractivity (Wildman–Crippen MR) is 117 cm³/mol. The second kappa shape index (κ2) is 7.67. The van der Waals surface area contributed by atoms with E-state index in [-0.39, 0.29) is 22.8 Å². The molecule has 3 heterocycles. The number of nitrogens with zero attached hydrogens (tertiary/aromatic N) is 3. The molecule has 0 atom stereocenters. The van der Waals surface area contributed by atoms with E-state index in [0.29, 0.717) is 29.7 Å². The van der Waals surface area contributed by atoms with Crippen LogP contribution in [0.3, 0.4) is 0 Å². The van der Waals surface area contributed by atoms with Gasteiger partial charge in [0.15, 0.2) is 0 Å². The molecule has 0 spiro atoms. The molecule has 0 aliphatic carbocycles. The normalized spacial score (nSPS) is 14.6. The van der Waals surface area contributed by atoms with E-state index in [1.54, 1.807) is 42.5 Å². The Labute approximate surface area is 182 Å². The highest BCUT2D eigenvalue weighted by Crippen LogP contribution is 2.34. The van der Waals surface area contributed by atoms with Crippen molar-refractivity contribution in [2.75, 3.05) is 6.54 Å². The fourth-order valence-corrected chi connectivity index (χ4v) is 6.55. The van der Waals surface area contributed by atoms with Crippen LogP contribution < -0.4 is 5.56 Å². The number of thiophene rings is 1. The van der Waals surface area contributed by atoms with Crippen molar-refractivity contribution in [3.8, 4) is 0 Å². The Hall–Kier alpha value is -2.88. The van der Waals surface area contributed by atoms with E-state index in [4.69, 9.17) is 0 Å². The number of aromatic nitrogens is 2. The summed E-state index contributed by atoms with van der Waals surface area (Å²) in [6.45, 7) is 0.828. The number of sulfonamides is 1. The van der Waals surface area contributed by atoms with Gasteiger partial charge in [0.2, 0.25) is 10.0 Å². The first-order valence-electron chi connectivity index (χ1n) is 9.73. The fourth-order valence-electron chi connectivity index (χ4n) is 3.84. The van der Waals surface area contributed by atoms with Crippen molar-refractivity contribution in [2.45, 2.75) is 24.4 Å². The third-order valence-electron chi connectivity index (χ3n) is 5.44. The van der Waals surface area contributed by atoms with Crippen LogP contribution in [0.4, 0.5) is 4.39 Å². The highest BCUT2D eigenvalue weighted by Gasteiger charge is 2.31. The summed E-state index contributed by atoms with van der Waals surface area (Å²) in [5.74, 6) is -0.327. The maximum atomic E-state index is 13.2. The van der Waals surface area contributed by atoms with Gasteiger partial charge in [-0.15, -0.1) is 11.3 Å². The average Bonchev–Trinajstić information content (AvgIpc) is 3.16. The molecular weight excluding hydrogens is 437 g/mol. The minimum absolute atomic E-state index is 0.161. The van der Waals surface area contributed by atoms with Crippen molar-refractivity contribution in [1.29, 1.82) is 0 Å². The molecule has 158 valence electrons. The summed E-state index contributed by atoms with van der Waals surface area (Å²) in [5, 5.41) is 0.557. The van der Waals surface area contributed by atoms with Crippen LogP contribution in [0.1, 0.15) is 16.0 Å². The Morgan fingerprint density at radius 2 is 1.81 bits per heavy atom. The lowest BCUT2D eigenvalue weighted by Crippen LogP contribution is -2.35. The van der Waals surface area contributed by atoms with Crippen LogP contribution in [-0.2, 0) is 29.5 Å². The van der Waals surface area contributed by atoms with Crippen LogP contribution in [-0.4, -0.2) is 28.8 Å². The first kappa shape index (κ1) is 20.0. The Bertz CT molecular complexity index is 1430. The summed E-state index contributed by atoms with van der Waals surface area (Å²) in [7, 11) is -3.60. The minimum atomic E-state index is -3.60. The van der Waals surface area contributed by atoms with Gasteiger partial charge in [0.05, 0.1) is 23.2 Å². The molecule has 2 aromatic heterocycles. The number of benzene rings is 2. The standard InChI is InChI=1S/C22H18FN3O3S2/c23-16-8-6-15(7-9-16)12-25-14-24-21-20(22(25)27)18-10-11-26(13-19(18)30-21)31(28,29)17-4-2-1-3-5-17/h1-9,14H,10-13H2. The van der Waals surface area contributed by atoms with Gasteiger partial charge in [-0.2, -0.15) is 4.31 Å². The lowest BCUT2D eigenvalue weighted by molar-refractivity contribution is 0.396. The van der Waals surface area contributed by atoms with Gasteiger partial charge in [-0.25, -0.2) is 17.8 Å². The maximum Gasteiger partial charge on any atom is 0.262 e. The van der Waals surface area contributed by atoms with Crippen LogP contribution in [0.15, 0.2) is 70.6 Å². The van der Waals surface area contributed by atoms with Gasteiger partial charge in [0, 0.05) is 18.0 Å². The molecule has 1 aliphatic heterocycles. The molecule has 0 saturated carbocycles. The minimum Gasteiger partial charge on any atom is -0.294 e. The van der Waals surface area contributed by atoms with Gasteiger partial charge in [0.1, 0.15) is 10.6 Å². The third kappa shape index (κ3) is 3.58. The van der Waals surface area contributed by atoms with E-state index in [9.17, 15) is 17.6 Å². The molecule has 5 rings (SSSR count). The first-order chi connectivity index (χ1) is 14.9. The Balaban J connectivity index is 1.49. The van der Waals surface area contributed by atoms with Gasteiger partial charge in [-0.1, -0.05) is 30.3 Å². The van der Waals surface area contributed by atoms with E-state index < -0.39 is 10.0 Å². The van der Waals surface area contributed by atoms with Crippen molar-refractivity contribution in [3.63, 3.8) is 0 Å². The van der Waals surface area contributed by atoms with Crippen LogP contribution in [0.5, 0.6) is 0 Å². The summed E-state index contributed by atoms with van der Waals surface area (Å²) in [6.07, 6.45) is 1.95. The average molecular weight is 456 g/mol. The molecule has 9 heteroatoms. The third-order valence-corrected chi connectivity index (χ3v) is 8.42. The molecule has 0 unspecified atom stereocenters. The molecule has 0 amide bonds. The Kier molecular flexibility index (Phi) is 4.96. The maximum absolute atomic E-state index is 13.2. The molecular formula is C22H18FN3O3S2. The molecule has 31 heavy (non-hydrogen) atoms. The van der Waals surface area contributed by atoms with E-state index in [1.165, 1.54) is 38.7 Å². The molecule has 0 radical (unpaired) electrons. The highest BCUT2D eigenvalue weighted by atomic mass is 32.2. The fraction of sp³-hybridized carbons (Fsp3) is 0.182. The zero-order valence-electron chi connectivity index (χ0n) is 16.4. The number of rotatable bonds is 4. The molecule has 0 bridgehead atoms. The monoisotopic (exact) mass is 455 g/mol. The Morgan fingerprint density at radius 1 is 1.06 bits per heavy atom. The number of hydrogen-bond acceptors (Lipinski definition) is 5. The Morgan fingerprint density at radius 3 is 2.55 bits per heavy atom. The molecule has 1 aliphatic rings. The molecule has 0 saturated heterocycles.